The molecule has 0 spiro atoms. The fraction of sp³-hybridized carbons (Fsp3) is 0.619. The van der Waals surface area contributed by atoms with Crippen LogP contribution in [-0.4, -0.2) is 32.3 Å². The highest BCUT2D eigenvalue weighted by molar-refractivity contribution is 6.74. The van der Waals surface area contributed by atoms with Crippen LogP contribution in [0.15, 0.2) is 30.3 Å². The Balaban J connectivity index is 1.96. The maximum Gasteiger partial charge on any atom is 0.311 e. The number of carbonyl (C=O) groups is 2. The Kier molecular flexibility index (Phi) is 6.53. The second-order valence-corrected chi connectivity index (χ2v) is 13.8. The zero-order valence-electron chi connectivity index (χ0n) is 17.5. The number of ether oxygens (including phenoxy) is 1. The van der Waals surface area contributed by atoms with Gasteiger partial charge < -0.3 is 14.5 Å². The third-order valence-corrected chi connectivity index (χ3v) is 10.5. The van der Waals surface area contributed by atoms with Crippen LogP contribution in [0.1, 0.15) is 40.2 Å². The highest BCUT2D eigenvalue weighted by Gasteiger charge is 2.50. The second kappa shape index (κ2) is 8.15. The van der Waals surface area contributed by atoms with E-state index in [4.69, 9.17) is 9.16 Å². The first kappa shape index (κ1) is 21.6. The summed E-state index contributed by atoms with van der Waals surface area (Å²) in [7, 11) is -1.99. The molecule has 1 aliphatic rings. The molecule has 4 atom stereocenters. The maximum atomic E-state index is 12.5. The lowest BCUT2D eigenvalue weighted by atomic mass is 9.79. The largest absolute Gasteiger partial charge is 0.461 e. The summed E-state index contributed by atoms with van der Waals surface area (Å²) in [6, 6.07) is 9.33. The number of nitrogens with one attached hydrogen (secondary N) is 1. The summed E-state index contributed by atoms with van der Waals surface area (Å²) >= 11 is 0. The Bertz CT molecular complexity index is 669. The van der Waals surface area contributed by atoms with Crippen LogP contribution in [0.4, 0.5) is 0 Å². The zero-order chi connectivity index (χ0) is 20.4. The van der Waals surface area contributed by atoms with Crippen molar-refractivity contribution in [1.82, 2.24) is 5.32 Å². The molecule has 150 valence electrons. The van der Waals surface area contributed by atoms with Crippen molar-refractivity contribution in [2.75, 3.05) is 0 Å². The molecule has 5 nitrogen and oxygen atoms in total. The van der Waals surface area contributed by atoms with E-state index in [0.29, 0.717) is 0 Å². The predicted molar refractivity (Wildman–Crippen MR) is 109 cm³/mol. The first-order valence-corrected chi connectivity index (χ1v) is 12.5. The van der Waals surface area contributed by atoms with E-state index in [1.165, 1.54) is 0 Å². The molecule has 0 radical (unpaired) electrons. The normalized spacial score (nSPS) is 22.4. The molecule has 1 N–H and O–H groups in total. The minimum absolute atomic E-state index is 0.0473. The average Bonchev–Trinajstić information content (AvgIpc) is 2.56. The van der Waals surface area contributed by atoms with E-state index in [2.05, 4.69) is 39.2 Å². The molecule has 2 rings (SSSR count). The average molecular weight is 392 g/mol. The first-order chi connectivity index (χ1) is 12.4. The summed E-state index contributed by atoms with van der Waals surface area (Å²) in [6.07, 6.45) is -0.228. The van der Waals surface area contributed by atoms with Crippen molar-refractivity contribution in [1.29, 1.82) is 0 Å². The van der Waals surface area contributed by atoms with Crippen LogP contribution < -0.4 is 5.32 Å². The van der Waals surface area contributed by atoms with Gasteiger partial charge in [-0.1, -0.05) is 51.1 Å². The molecule has 2 unspecified atom stereocenters. The van der Waals surface area contributed by atoms with Crippen molar-refractivity contribution < 1.29 is 18.8 Å². The quantitative estimate of drug-likeness (QED) is 0.435. The van der Waals surface area contributed by atoms with Gasteiger partial charge in [-0.25, -0.2) is 0 Å². The molecule has 0 saturated carbocycles. The Morgan fingerprint density at radius 2 is 1.78 bits per heavy atom. The SMILES string of the molecule is CC(C(=O)OCc1ccccc1)[C@H]1NC(=O)[C@@H]1C(C)O[Si](C)(C)C(C)(C)C. The highest BCUT2D eigenvalue weighted by Crippen LogP contribution is 2.39. The minimum atomic E-state index is -1.99. The fourth-order valence-electron chi connectivity index (χ4n) is 3.08. The smallest absolute Gasteiger partial charge is 0.311 e. The van der Waals surface area contributed by atoms with E-state index in [1.807, 2.05) is 44.2 Å². The highest BCUT2D eigenvalue weighted by atomic mass is 28.4. The summed E-state index contributed by atoms with van der Waals surface area (Å²) in [5, 5.41) is 2.94. The van der Waals surface area contributed by atoms with Gasteiger partial charge in [-0.2, -0.15) is 0 Å². The van der Waals surface area contributed by atoms with Gasteiger partial charge in [0, 0.05) is 0 Å². The Morgan fingerprint density at radius 1 is 1.19 bits per heavy atom. The van der Waals surface area contributed by atoms with Crippen molar-refractivity contribution >= 4 is 20.2 Å². The lowest BCUT2D eigenvalue weighted by Crippen LogP contribution is -2.66. The monoisotopic (exact) mass is 391 g/mol. The predicted octanol–water partition coefficient (Wildman–Crippen LogP) is 3.89. The molecule has 6 heteroatoms. The van der Waals surface area contributed by atoms with Gasteiger partial charge in [-0.3, -0.25) is 9.59 Å². The number of amides is 1. The van der Waals surface area contributed by atoms with E-state index < -0.39 is 14.2 Å². The van der Waals surface area contributed by atoms with Gasteiger partial charge in [0.25, 0.3) is 0 Å². The fourth-order valence-corrected chi connectivity index (χ4v) is 4.51. The molecule has 1 aliphatic heterocycles. The Hall–Kier alpha value is -1.66. The van der Waals surface area contributed by atoms with Crippen LogP contribution in [0.25, 0.3) is 0 Å². The zero-order valence-corrected chi connectivity index (χ0v) is 18.5. The van der Waals surface area contributed by atoms with E-state index >= 15 is 0 Å². The van der Waals surface area contributed by atoms with Crippen molar-refractivity contribution in [2.24, 2.45) is 11.8 Å². The topological polar surface area (TPSA) is 64.6 Å². The molecule has 1 aromatic rings. The molecule has 0 aromatic heterocycles. The standard InChI is InChI=1S/C21H33NO4Si/c1-14(20(24)25-13-16-11-9-8-10-12-16)18-17(19(23)22-18)15(2)26-27(6,7)21(3,4)5/h8-12,14-15,17-18H,13H2,1-7H3,(H,22,23)/t14?,15?,17-,18-/m1/s1. The molecule has 1 saturated heterocycles. The van der Waals surface area contributed by atoms with Crippen LogP contribution in [0.3, 0.4) is 0 Å². The molecular formula is C21H33NO4Si. The molecule has 1 fully saturated rings. The van der Waals surface area contributed by atoms with E-state index in [1.54, 1.807) is 0 Å². The van der Waals surface area contributed by atoms with E-state index in [0.717, 1.165) is 5.56 Å². The molecular weight excluding hydrogens is 358 g/mol. The Morgan fingerprint density at radius 3 is 2.30 bits per heavy atom. The maximum absolute atomic E-state index is 12.5. The van der Waals surface area contributed by atoms with Gasteiger partial charge in [-0.15, -0.1) is 0 Å². The van der Waals surface area contributed by atoms with Crippen molar-refractivity contribution in [3.63, 3.8) is 0 Å². The van der Waals surface area contributed by atoms with Crippen molar-refractivity contribution in [3.8, 4) is 0 Å². The van der Waals surface area contributed by atoms with Gasteiger partial charge in [-0.05, 0) is 37.5 Å². The van der Waals surface area contributed by atoms with Gasteiger partial charge in [0.15, 0.2) is 8.32 Å². The summed E-state index contributed by atoms with van der Waals surface area (Å²) in [6.45, 7) is 14.9. The third-order valence-electron chi connectivity index (χ3n) is 5.93. The summed E-state index contributed by atoms with van der Waals surface area (Å²) in [5.74, 6) is -1.08. The van der Waals surface area contributed by atoms with Crippen LogP contribution in [0, 0.1) is 11.8 Å². The van der Waals surface area contributed by atoms with Crippen LogP contribution in [0.5, 0.6) is 0 Å². The molecule has 0 aliphatic carbocycles. The molecule has 27 heavy (non-hydrogen) atoms. The van der Waals surface area contributed by atoms with Crippen LogP contribution in [0.2, 0.25) is 18.1 Å². The van der Waals surface area contributed by atoms with Crippen molar-refractivity contribution in [3.05, 3.63) is 35.9 Å². The molecule has 1 amide bonds. The molecule has 1 aromatic carbocycles. The number of rotatable bonds is 7. The summed E-state index contributed by atoms with van der Waals surface area (Å²) in [4.78, 5) is 24.7. The number of benzene rings is 1. The van der Waals surface area contributed by atoms with Crippen LogP contribution in [-0.2, 0) is 25.4 Å². The number of hydrogen-bond donors (Lipinski definition) is 1. The van der Waals surface area contributed by atoms with Crippen molar-refractivity contribution in [2.45, 2.75) is 71.5 Å². The Labute approximate surface area is 164 Å². The van der Waals surface area contributed by atoms with Gasteiger partial charge in [0.2, 0.25) is 5.91 Å². The number of carbonyl (C=O) groups excluding carboxylic acids is 2. The van der Waals surface area contributed by atoms with E-state index in [-0.39, 0.29) is 41.6 Å². The summed E-state index contributed by atoms with van der Waals surface area (Å²) < 4.78 is 11.8. The van der Waals surface area contributed by atoms with Gasteiger partial charge >= 0.3 is 5.97 Å². The lowest BCUT2D eigenvalue weighted by molar-refractivity contribution is -0.156. The van der Waals surface area contributed by atoms with Gasteiger partial charge in [0.05, 0.1) is 24.0 Å². The second-order valence-electron chi connectivity index (χ2n) is 9.03. The minimum Gasteiger partial charge on any atom is -0.461 e. The lowest BCUT2D eigenvalue weighted by Gasteiger charge is -2.46. The number of hydrogen-bond acceptors (Lipinski definition) is 4. The molecule has 1 heterocycles. The third kappa shape index (κ3) is 4.99. The first-order valence-electron chi connectivity index (χ1n) is 9.63. The number of esters is 1. The van der Waals surface area contributed by atoms with E-state index in [9.17, 15) is 9.59 Å². The summed E-state index contributed by atoms with van der Waals surface area (Å²) in [5.41, 5.74) is 0.946. The van der Waals surface area contributed by atoms with Crippen LogP contribution >= 0.6 is 0 Å². The molecule has 0 bridgehead atoms. The number of β-lactam (4-membered cyclic amide) rings is 1. The van der Waals surface area contributed by atoms with Gasteiger partial charge in [0.1, 0.15) is 6.61 Å².